The lowest BCUT2D eigenvalue weighted by atomic mass is 10.1. The van der Waals surface area contributed by atoms with E-state index < -0.39 is 0 Å². The maximum Gasteiger partial charge on any atom is 0.330 e. The molecular formula is C16H17NO2. The van der Waals surface area contributed by atoms with Crippen molar-refractivity contribution in [1.82, 2.24) is 4.98 Å². The van der Waals surface area contributed by atoms with Gasteiger partial charge in [-0.05, 0) is 44.0 Å². The van der Waals surface area contributed by atoms with E-state index in [2.05, 4.69) is 11.1 Å². The van der Waals surface area contributed by atoms with E-state index in [1.807, 2.05) is 32.0 Å². The summed E-state index contributed by atoms with van der Waals surface area (Å²) in [7, 11) is 0. The van der Waals surface area contributed by atoms with Crippen LogP contribution in [0, 0.1) is 13.8 Å². The SMILES string of the molecule is CCOC(=O)/C=C/c1cc(C)c2cccc(C)c2n1. The summed E-state index contributed by atoms with van der Waals surface area (Å²) in [4.78, 5) is 15.9. The molecule has 0 fully saturated rings. The van der Waals surface area contributed by atoms with Crippen molar-refractivity contribution in [2.24, 2.45) is 0 Å². The van der Waals surface area contributed by atoms with E-state index in [9.17, 15) is 4.79 Å². The van der Waals surface area contributed by atoms with Crippen molar-refractivity contribution < 1.29 is 9.53 Å². The molecule has 19 heavy (non-hydrogen) atoms. The topological polar surface area (TPSA) is 39.2 Å². The second-order valence-corrected chi connectivity index (χ2v) is 4.42. The minimum absolute atomic E-state index is 0.341. The Morgan fingerprint density at radius 2 is 2.11 bits per heavy atom. The summed E-state index contributed by atoms with van der Waals surface area (Å²) in [6.07, 6.45) is 3.10. The maximum absolute atomic E-state index is 11.3. The van der Waals surface area contributed by atoms with Crippen LogP contribution in [-0.4, -0.2) is 17.6 Å². The standard InChI is InChI=1S/C16H17NO2/c1-4-19-15(18)9-8-13-10-12(3)14-7-5-6-11(2)16(14)17-13/h5-10H,4H2,1-3H3/b9-8+. The van der Waals surface area contributed by atoms with Gasteiger partial charge in [-0.1, -0.05) is 18.2 Å². The maximum atomic E-state index is 11.3. The Labute approximate surface area is 112 Å². The van der Waals surface area contributed by atoms with Gasteiger partial charge in [-0.25, -0.2) is 9.78 Å². The number of fused-ring (bicyclic) bond motifs is 1. The number of hydrogen-bond acceptors (Lipinski definition) is 3. The number of pyridine rings is 1. The Balaban J connectivity index is 2.40. The highest BCUT2D eigenvalue weighted by Gasteiger charge is 2.03. The van der Waals surface area contributed by atoms with E-state index in [-0.39, 0.29) is 5.97 Å². The molecule has 0 amide bonds. The van der Waals surface area contributed by atoms with Crippen LogP contribution >= 0.6 is 0 Å². The molecule has 0 atom stereocenters. The first-order chi connectivity index (χ1) is 9.11. The van der Waals surface area contributed by atoms with E-state index in [4.69, 9.17) is 4.74 Å². The number of esters is 1. The molecule has 2 aromatic rings. The molecule has 0 aliphatic rings. The number of aryl methyl sites for hydroxylation is 2. The Morgan fingerprint density at radius 1 is 1.32 bits per heavy atom. The van der Waals surface area contributed by atoms with Crippen LogP contribution in [-0.2, 0) is 9.53 Å². The molecule has 0 aliphatic carbocycles. The Kier molecular flexibility index (Phi) is 3.95. The summed E-state index contributed by atoms with van der Waals surface area (Å²) in [5.74, 6) is -0.341. The van der Waals surface area contributed by atoms with Gasteiger partial charge in [-0.2, -0.15) is 0 Å². The first kappa shape index (κ1) is 13.3. The highest BCUT2D eigenvalue weighted by molar-refractivity contribution is 5.89. The van der Waals surface area contributed by atoms with Crippen molar-refractivity contribution in [3.63, 3.8) is 0 Å². The zero-order valence-electron chi connectivity index (χ0n) is 11.4. The summed E-state index contributed by atoms with van der Waals surface area (Å²) in [6.45, 7) is 6.25. The highest BCUT2D eigenvalue weighted by atomic mass is 16.5. The zero-order valence-corrected chi connectivity index (χ0v) is 11.4. The van der Waals surface area contributed by atoms with Crippen LogP contribution in [0.2, 0.25) is 0 Å². The zero-order chi connectivity index (χ0) is 13.8. The van der Waals surface area contributed by atoms with Gasteiger partial charge in [0.15, 0.2) is 0 Å². The number of carbonyl (C=O) groups excluding carboxylic acids is 1. The van der Waals surface area contributed by atoms with E-state index in [0.717, 1.165) is 27.7 Å². The number of hydrogen-bond donors (Lipinski definition) is 0. The van der Waals surface area contributed by atoms with Gasteiger partial charge in [0.1, 0.15) is 0 Å². The fourth-order valence-corrected chi connectivity index (χ4v) is 2.02. The van der Waals surface area contributed by atoms with E-state index in [1.54, 1.807) is 13.0 Å². The van der Waals surface area contributed by atoms with Crippen molar-refractivity contribution in [2.75, 3.05) is 6.61 Å². The number of carbonyl (C=O) groups is 1. The van der Waals surface area contributed by atoms with Gasteiger partial charge in [0, 0.05) is 11.5 Å². The molecule has 0 saturated carbocycles. The van der Waals surface area contributed by atoms with Crippen molar-refractivity contribution in [2.45, 2.75) is 20.8 Å². The van der Waals surface area contributed by atoms with Crippen LogP contribution in [0.15, 0.2) is 30.3 Å². The Morgan fingerprint density at radius 3 is 2.84 bits per heavy atom. The van der Waals surface area contributed by atoms with Crippen LogP contribution in [0.1, 0.15) is 23.7 Å². The van der Waals surface area contributed by atoms with Crippen LogP contribution in [0.25, 0.3) is 17.0 Å². The largest absolute Gasteiger partial charge is 0.463 e. The minimum Gasteiger partial charge on any atom is -0.463 e. The lowest BCUT2D eigenvalue weighted by Crippen LogP contribution is -1.99. The smallest absolute Gasteiger partial charge is 0.330 e. The van der Waals surface area contributed by atoms with Crippen molar-refractivity contribution in [1.29, 1.82) is 0 Å². The van der Waals surface area contributed by atoms with Crippen molar-refractivity contribution in [3.05, 3.63) is 47.2 Å². The van der Waals surface area contributed by atoms with Gasteiger partial charge in [-0.3, -0.25) is 0 Å². The molecule has 0 bridgehead atoms. The predicted molar refractivity (Wildman–Crippen MR) is 76.9 cm³/mol. The van der Waals surface area contributed by atoms with Crippen molar-refractivity contribution >= 4 is 22.9 Å². The summed E-state index contributed by atoms with van der Waals surface area (Å²) in [5.41, 5.74) is 4.03. The minimum atomic E-state index is -0.341. The molecule has 0 unspecified atom stereocenters. The molecule has 1 aromatic carbocycles. The molecule has 3 nitrogen and oxygen atoms in total. The molecule has 98 valence electrons. The summed E-state index contributed by atoms with van der Waals surface area (Å²) < 4.78 is 4.85. The van der Waals surface area contributed by atoms with Crippen LogP contribution in [0.5, 0.6) is 0 Å². The van der Waals surface area contributed by atoms with E-state index in [0.29, 0.717) is 6.61 Å². The molecule has 0 aliphatic heterocycles. The third-order valence-electron chi connectivity index (χ3n) is 2.94. The first-order valence-corrected chi connectivity index (χ1v) is 6.33. The summed E-state index contributed by atoms with van der Waals surface area (Å²) >= 11 is 0. The molecule has 0 saturated heterocycles. The fraction of sp³-hybridized carbons (Fsp3) is 0.250. The molecule has 1 heterocycles. The normalized spacial score (nSPS) is 11.1. The molecule has 0 N–H and O–H groups in total. The van der Waals surface area contributed by atoms with Gasteiger partial charge in [-0.15, -0.1) is 0 Å². The fourth-order valence-electron chi connectivity index (χ4n) is 2.02. The van der Waals surface area contributed by atoms with Gasteiger partial charge in [0.05, 0.1) is 17.8 Å². The van der Waals surface area contributed by atoms with Gasteiger partial charge >= 0.3 is 5.97 Å². The number of benzene rings is 1. The number of ether oxygens (including phenoxy) is 1. The Hall–Kier alpha value is -2.16. The second kappa shape index (κ2) is 5.65. The molecule has 0 radical (unpaired) electrons. The monoisotopic (exact) mass is 255 g/mol. The van der Waals surface area contributed by atoms with Gasteiger partial charge in [0.2, 0.25) is 0 Å². The van der Waals surface area contributed by atoms with Crippen LogP contribution < -0.4 is 0 Å². The lowest BCUT2D eigenvalue weighted by Gasteiger charge is -2.06. The average Bonchev–Trinajstić information content (AvgIpc) is 2.38. The first-order valence-electron chi connectivity index (χ1n) is 6.33. The summed E-state index contributed by atoms with van der Waals surface area (Å²) in [6, 6.07) is 8.09. The summed E-state index contributed by atoms with van der Waals surface area (Å²) in [5, 5.41) is 1.15. The molecule has 1 aromatic heterocycles. The lowest BCUT2D eigenvalue weighted by molar-refractivity contribution is -0.137. The predicted octanol–water partition coefficient (Wildman–Crippen LogP) is 3.43. The van der Waals surface area contributed by atoms with Gasteiger partial charge < -0.3 is 4.74 Å². The number of nitrogens with zero attached hydrogens (tertiary/aromatic N) is 1. The highest BCUT2D eigenvalue weighted by Crippen LogP contribution is 2.21. The third-order valence-corrected chi connectivity index (χ3v) is 2.94. The van der Waals surface area contributed by atoms with E-state index in [1.165, 1.54) is 6.08 Å². The molecule has 2 rings (SSSR count). The van der Waals surface area contributed by atoms with Gasteiger partial charge in [0.25, 0.3) is 0 Å². The number of rotatable bonds is 3. The molecule has 0 spiro atoms. The second-order valence-electron chi connectivity index (χ2n) is 4.42. The molecule has 3 heteroatoms. The molecular weight excluding hydrogens is 238 g/mol. The quantitative estimate of drug-likeness (QED) is 0.623. The van der Waals surface area contributed by atoms with Crippen LogP contribution in [0.3, 0.4) is 0 Å². The van der Waals surface area contributed by atoms with Crippen LogP contribution in [0.4, 0.5) is 0 Å². The number of aromatic nitrogens is 1. The Bertz CT molecular complexity index is 644. The average molecular weight is 255 g/mol. The third kappa shape index (κ3) is 2.99. The van der Waals surface area contributed by atoms with Crippen molar-refractivity contribution in [3.8, 4) is 0 Å². The van der Waals surface area contributed by atoms with E-state index >= 15 is 0 Å². The number of para-hydroxylation sites is 1.